The molecule has 1 aliphatic heterocycles. The number of rotatable bonds is 14. The number of nitrogens with one attached hydrogen (secondary N) is 2. The molecule has 10 heteroatoms. The van der Waals surface area contributed by atoms with Crippen LogP contribution in [0.15, 0.2) is 163 Å². The highest BCUT2D eigenvalue weighted by molar-refractivity contribution is 8.00. The van der Waals surface area contributed by atoms with Gasteiger partial charge in [-0.2, -0.15) is 0 Å². The molecule has 6 aromatic rings. The van der Waals surface area contributed by atoms with Crippen LogP contribution >= 0.6 is 11.8 Å². The molecule has 0 bridgehead atoms. The summed E-state index contributed by atoms with van der Waals surface area (Å²) < 4.78 is 31.8. The molecular formula is C50H53N3O5S2. The van der Waals surface area contributed by atoms with Gasteiger partial charge in [-0.1, -0.05) is 140 Å². The second kappa shape index (κ2) is 18.9. The van der Waals surface area contributed by atoms with Crippen LogP contribution in [-0.2, 0) is 25.7 Å². The summed E-state index contributed by atoms with van der Waals surface area (Å²) in [6.45, 7) is 7.11. The lowest BCUT2D eigenvalue weighted by Crippen LogP contribution is -2.54. The zero-order chi connectivity index (χ0) is 42.2. The molecular weight excluding hydrogens is 787 g/mol. The first-order valence-electron chi connectivity index (χ1n) is 20.5. The molecule has 0 spiro atoms. The molecule has 0 aromatic heterocycles. The minimum Gasteiger partial charge on any atom is -0.444 e. The van der Waals surface area contributed by atoms with Gasteiger partial charge in [0.05, 0.1) is 15.4 Å². The molecule has 1 unspecified atom stereocenters. The summed E-state index contributed by atoms with van der Waals surface area (Å²) in [4.78, 5) is 30.5. The van der Waals surface area contributed by atoms with Gasteiger partial charge in [0.25, 0.3) is 5.91 Å². The minimum atomic E-state index is -3.53. The summed E-state index contributed by atoms with van der Waals surface area (Å²) in [7, 11) is -3.53. The van der Waals surface area contributed by atoms with Gasteiger partial charge in [-0.25, -0.2) is 13.2 Å². The Balaban J connectivity index is 1.23. The van der Waals surface area contributed by atoms with Crippen molar-refractivity contribution in [1.82, 2.24) is 15.5 Å². The van der Waals surface area contributed by atoms with Crippen LogP contribution in [0, 0.1) is 0 Å². The molecule has 8 nitrogen and oxygen atoms in total. The number of benzene rings is 6. The molecule has 6 aromatic carbocycles. The largest absolute Gasteiger partial charge is 0.444 e. The second-order valence-corrected chi connectivity index (χ2v) is 19.6. The van der Waals surface area contributed by atoms with Gasteiger partial charge in [-0.3, -0.25) is 4.79 Å². The Hall–Kier alpha value is -5.42. The van der Waals surface area contributed by atoms with E-state index in [-0.39, 0.29) is 22.6 Å². The Kier molecular flexibility index (Phi) is 13.4. The first-order valence-corrected chi connectivity index (χ1v) is 23.2. The number of sulfone groups is 1. The SMILES string of the molecule is CC(C)(C)OC(=O)NC(CSC(c1ccccc1)(c1ccccc1)c1ccccc1)Cc1cc(C(=O)N2CCNC[C@@H]2CCS(=O)(=O)c2ccccc2)c2ccccc2c1. The molecule has 1 saturated heterocycles. The van der Waals surface area contributed by atoms with E-state index in [1.165, 1.54) is 0 Å². The Labute approximate surface area is 358 Å². The van der Waals surface area contributed by atoms with Crippen molar-refractivity contribution >= 4 is 44.4 Å². The quantitative estimate of drug-likeness (QED) is 0.105. The number of alkyl carbamates (subject to hydrolysis) is 1. The molecule has 2 atom stereocenters. The summed E-state index contributed by atoms with van der Waals surface area (Å²) in [5.74, 6) is 0.294. The Morgan fingerprint density at radius 2 is 1.33 bits per heavy atom. The number of carbonyl (C=O) groups excluding carboxylic acids is 2. The molecule has 2 N–H and O–H groups in total. The molecule has 1 aliphatic rings. The van der Waals surface area contributed by atoms with Crippen LogP contribution in [0.3, 0.4) is 0 Å². The number of amides is 2. The maximum atomic E-state index is 14.8. The van der Waals surface area contributed by atoms with E-state index in [1.54, 1.807) is 42.1 Å². The van der Waals surface area contributed by atoms with Crippen LogP contribution in [0.4, 0.5) is 4.79 Å². The van der Waals surface area contributed by atoms with Crippen molar-refractivity contribution in [2.45, 2.75) is 60.9 Å². The summed E-state index contributed by atoms with van der Waals surface area (Å²) in [5.41, 5.74) is 4.09. The number of thioether (sulfide) groups is 1. The first-order chi connectivity index (χ1) is 28.9. The average Bonchev–Trinajstić information content (AvgIpc) is 3.26. The van der Waals surface area contributed by atoms with Gasteiger partial charge in [-0.15, -0.1) is 11.8 Å². The number of nitrogens with zero attached hydrogens (tertiary/aromatic N) is 1. The van der Waals surface area contributed by atoms with Crippen LogP contribution in [0.5, 0.6) is 0 Å². The van der Waals surface area contributed by atoms with Gasteiger partial charge in [0, 0.05) is 43.0 Å². The Morgan fingerprint density at radius 1 is 0.783 bits per heavy atom. The first kappa shape index (κ1) is 42.7. The van der Waals surface area contributed by atoms with Crippen molar-refractivity contribution < 1.29 is 22.7 Å². The smallest absolute Gasteiger partial charge is 0.407 e. The van der Waals surface area contributed by atoms with Crippen LogP contribution in [-0.4, -0.2) is 74.1 Å². The Morgan fingerprint density at radius 3 is 1.92 bits per heavy atom. The number of hydrogen-bond acceptors (Lipinski definition) is 7. The summed E-state index contributed by atoms with van der Waals surface area (Å²) in [6, 6.07) is 51.1. The number of hydrogen-bond donors (Lipinski definition) is 2. The van der Waals surface area contributed by atoms with Crippen LogP contribution in [0.2, 0.25) is 0 Å². The number of ether oxygens (including phenoxy) is 1. The standard InChI is InChI=1S/C50H53N3O5S2/c1-49(2,3)58-48(55)52-42(36-59-50(39-19-8-4-9-20-39,40-21-10-5-11-22-40)41-23-12-6-13-24-41)33-37-32-38-18-16-17-27-45(38)46(34-37)47(54)53-30-29-51-35-43(53)28-31-60(56,57)44-25-14-7-15-26-44/h4-27,32,34,42-43,51H,28-31,33,35-36H2,1-3H3,(H,52,55)/t42?,43-/m0/s1. The molecule has 0 radical (unpaired) electrons. The average molecular weight is 840 g/mol. The third-order valence-corrected chi connectivity index (χ3v) is 14.3. The zero-order valence-electron chi connectivity index (χ0n) is 34.4. The van der Waals surface area contributed by atoms with E-state index in [4.69, 9.17) is 4.74 Å². The lowest BCUT2D eigenvalue weighted by atomic mass is 9.84. The fraction of sp³-hybridized carbons (Fsp3) is 0.280. The van der Waals surface area contributed by atoms with E-state index >= 15 is 0 Å². The van der Waals surface area contributed by atoms with Gasteiger partial charge in [0.2, 0.25) is 0 Å². The maximum absolute atomic E-state index is 14.8. The van der Waals surface area contributed by atoms with Crippen LogP contribution < -0.4 is 10.6 Å². The van der Waals surface area contributed by atoms with Crippen molar-refractivity contribution in [2.24, 2.45) is 0 Å². The molecule has 1 fully saturated rings. The van der Waals surface area contributed by atoms with Crippen molar-refractivity contribution in [1.29, 1.82) is 0 Å². The highest BCUT2D eigenvalue weighted by atomic mass is 32.2. The highest BCUT2D eigenvalue weighted by Gasteiger charge is 2.38. The predicted octanol–water partition coefficient (Wildman–Crippen LogP) is 9.28. The second-order valence-electron chi connectivity index (χ2n) is 16.3. The van der Waals surface area contributed by atoms with E-state index in [2.05, 4.69) is 89.5 Å². The van der Waals surface area contributed by atoms with E-state index < -0.39 is 32.3 Å². The van der Waals surface area contributed by atoms with E-state index in [0.717, 1.165) is 33.0 Å². The highest BCUT2D eigenvalue weighted by Crippen LogP contribution is 2.48. The van der Waals surface area contributed by atoms with E-state index in [0.29, 0.717) is 43.8 Å². The molecule has 7 rings (SSSR count). The Bertz CT molecular complexity index is 2380. The van der Waals surface area contributed by atoms with Crippen LogP contribution in [0.1, 0.15) is 59.8 Å². The lowest BCUT2D eigenvalue weighted by Gasteiger charge is -2.37. The number of piperazine rings is 1. The zero-order valence-corrected chi connectivity index (χ0v) is 36.1. The normalized spacial score (nSPS) is 15.3. The number of fused-ring (bicyclic) bond motifs is 1. The fourth-order valence-corrected chi connectivity index (χ4v) is 11.0. The molecule has 60 heavy (non-hydrogen) atoms. The summed E-state index contributed by atoms with van der Waals surface area (Å²) >= 11 is 1.76. The van der Waals surface area contributed by atoms with Gasteiger partial charge in [0.1, 0.15) is 5.60 Å². The third-order valence-electron chi connectivity index (χ3n) is 10.8. The monoisotopic (exact) mass is 839 g/mol. The molecule has 2 amide bonds. The van der Waals surface area contributed by atoms with Crippen LogP contribution in [0.25, 0.3) is 10.8 Å². The van der Waals surface area contributed by atoms with Gasteiger partial charge >= 0.3 is 6.09 Å². The van der Waals surface area contributed by atoms with Gasteiger partial charge < -0.3 is 20.3 Å². The predicted molar refractivity (Wildman–Crippen MR) is 243 cm³/mol. The number of carbonyl (C=O) groups is 2. The molecule has 0 saturated carbocycles. The molecule has 0 aliphatic carbocycles. The molecule has 1 heterocycles. The van der Waals surface area contributed by atoms with Gasteiger partial charge in [0.15, 0.2) is 9.84 Å². The third kappa shape index (κ3) is 10.1. The van der Waals surface area contributed by atoms with Crippen molar-refractivity contribution in [2.75, 3.05) is 31.1 Å². The van der Waals surface area contributed by atoms with Crippen molar-refractivity contribution in [3.05, 3.63) is 186 Å². The lowest BCUT2D eigenvalue weighted by molar-refractivity contribution is 0.0508. The van der Waals surface area contributed by atoms with Crippen molar-refractivity contribution in [3.63, 3.8) is 0 Å². The molecule has 310 valence electrons. The van der Waals surface area contributed by atoms with Crippen molar-refractivity contribution in [3.8, 4) is 0 Å². The fourth-order valence-electron chi connectivity index (χ4n) is 8.05. The van der Waals surface area contributed by atoms with E-state index in [9.17, 15) is 18.0 Å². The summed E-state index contributed by atoms with van der Waals surface area (Å²) in [5, 5.41) is 8.32. The maximum Gasteiger partial charge on any atom is 0.407 e. The van der Waals surface area contributed by atoms with Gasteiger partial charge in [-0.05, 0) is 84.8 Å². The minimum absolute atomic E-state index is 0.0694. The topological polar surface area (TPSA) is 105 Å². The van der Waals surface area contributed by atoms with E-state index in [1.807, 2.05) is 74.2 Å². The summed E-state index contributed by atoms with van der Waals surface area (Å²) in [6.07, 6.45) is 0.217.